The van der Waals surface area contributed by atoms with Crippen molar-refractivity contribution in [3.63, 3.8) is 0 Å². The molecular weight excluding hydrogens is 1890 g/mol. The lowest BCUT2D eigenvalue weighted by molar-refractivity contribution is -0.131. The molecule has 2 unspecified atom stereocenters. The van der Waals surface area contributed by atoms with Crippen LogP contribution in [0.25, 0.3) is 44.1 Å². The monoisotopic (exact) mass is 2000 g/mol. The smallest absolute Gasteiger partial charge is 0.387 e. The number of aliphatic hydroxyl groups is 1. The Kier molecular flexibility index (Phi) is 29.5. The summed E-state index contributed by atoms with van der Waals surface area (Å²) in [5.41, 5.74) is 5.03. The maximum Gasteiger partial charge on any atom is 0.387 e. The highest BCUT2D eigenvalue weighted by Crippen LogP contribution is 2.39. The Morgan fingerprint density at radius 1 is 0.474 bits per heavy atom. The van der Waals surface area contributed by atoms with E-state index >= 15 is 0 Å². The summed E-state index contributed by atoms with van der Waals surface area (Å²) < 4.78 is 82.1. The summed E-state index contributed by atoms with van der Waals surface area (Å²) in [6.07, 6.45) is 14.7. The molecule has 10 aromatic rings. The van der Waals surface area contributed by atoms with Crippen molar-refractivity contribution in [2.24, 2.45) is 14.1 Å². The summed E-state index contributed by atoms with van der Waals surface area (Å²) >= 11 is 6.68. The standard InChI is InChI=1S/C34H43F2N7O4Si.C28H29F2N7O4.C18H30BrN5O2Si.C10H12BrN5O/c1-34(2,3)48(5,6)46-16-13-26-31(45)42-15-14-41(21-29(42)39-26)33-37-18-24(19-38-33)22-11-12-25-27(17-22)43(40(4)30(25)44)20-23-9-7-8-10-28(23)47-32(35)36;1-34-25(39)20-7-6-17(12-22(20)37(34)15-18-4-2-3-5-23(18)41-27(29)30)19-13-31-28(32-14-19)35-9-10-36-24(16-35)33-21(8-11-38)26(36)40;1-18(2,3)27(4,5)26-9-8-23-13-15-12-22(6-7-24(15)17(23)25)16-20-10-14(19)11-21-16;11-7-3-12-9(13-4-7)15-1-2-16-8(6-15)5-14-10(16)17/h7-12,17-19,26,29,32,39H,13-16,20-21H2,1-6H3;2-7,12-14,21,24,27,33,38H,8-11,15-16H2,1H3;10-11,15H,6-9,12-13H2,1-5H3;3-4,8H,1-2,5-6H2,(H,14,17)/t26?,29-;21?,24-;15-;8-/m1110/s1. The zero-order chi connectivity index (χ0) is 94.7. The molecule has 0 bridgehead atoms. The van der Waals surface area contributed by atoms with Gasteiger partial charge >= 0.3 is 25.3 Å². The highest BCUT2D eigenvalue weighted by Gasteiger charge is 2.47. The van der Waals surface area contributed by atoms with Gasteiger partial charge in [-0.3, -0.25) is 48.5 Å². The number of hydrogen-bond donors (Lipinski definition) is 4. The summed E-state index contributed by atoms with van der Waals surface area (Å²) in [5.74, 6) is 2.82. The van der Waals surface area contributed by atoms with Crippen molar-refractivity contribution in [2.75, 3.05) is 138 Å². The summed E-state index contributed by atoms with van der Waals surface area (Å²) in [5, 5.41) is 20.2. The van der Waals surface area contributed by atoms with Gasteiger partial charge in [0.1, 0.15) is 23.8 Å². The van der Waals surface area contributed by atoms with Crippen LogP contribution < -0.4 is 56.1 Å². The second-order valence-corrected chi connectivity index (χ2v) is 48.6. The minimum atomic E-state index is -2.96. The van der Waals surface area contributed by atoms with Crippen molar-refractivity contribution < 1.29 is 60.2 Å². The molecule has 133 heavy (non-hydrogen) atoms. The molecule has 6 aromatic heterocycles. The van der Waals surface area contributed by atoms with Crippen molar-refractivity contribution >= 4 is 118 Å². The number of rotatable bonds is 24. The molecule has 14 heterocycles. The molecule has 0 spiro atoms. The number of piperazine rings is 4. The summed E-state index contributed by atoms with van der Waals surface area (Å²) in [6.45, 7) is 27.9. The first-order chi connectivity index (χ1) is 63.4. The van der Waals surface area contributed by atoms with Gasteiger partial charge < -0.3 is 72.8 Å². The Morgan fingerprint density at radius 2 is 0.865 bits per heavy atom. The number of urea groups is 2. The van der Waals surface area contributed by atoms with Crippen molar-refractivity contribution in [2.45, 2.75) is 153 Å². The lowest BCUT2D eigenvalue weighted by atomic mass is 10.1. The molecule has 8 aliphatic heterocycles. The SMILES string of the molecule is CC(C)(C)[Si](C)(C)OCCN1C[C@H]2CN(c3ncc(Br)cn3)CCN2C1=O.Cn1c(=O)c2ccc(-c3cnc(N4CCN5C(=O)C(CCO)N[C@H]5C4)nc3)cc2n1Cc1ccccc1OC(F)F.Cn1c(=O)c2ccc(-c3cnc(N4CCN5C(=O)C(CCO[Si](C)(C)C(C)(C)C)N[C@H]5C4)nc3)cc2n1Cc1ccccc1OC(F)F.O=C1NC[C@H]2CN(c3ncc(Br)cn3)CCN12. The molecule has 8 saturated heterocycles. The van der Waals surface area contributed by atoms with Gasteiger partial charge in [0.25, 0.3) is 11.1 Å². The number of hydrogen-bond acceptors (Lipinski definition) is 25. The quantitative estimate of drug-likeness (QED) is 0.0322. The van der Waals surface area contributed by atoms with E-state index in [9.17, 15) is 51.4 Å². The molecule has 0 aliphatic carbocycles. The zero-order valence-corrected chi connectivity index (χ0v) is 81.7. The maximum atomic E-state index is 13.1. The highest BCUT2D eigenvalue weighted by molar-refractivity contribution is 9.10. The second kappa shape index (κ2) is 40.6. The van der Waals surface area contributed by atoms with Gasteiger partial charge in [-0.25, -0.2) is 49.5 Å². The average Bonchev–Trinajstić information content (AvgIpc) is 1.62. The van der Waals surface area contributed by atoms with E-state index in [0.717, 1.165) is 82.4 Å². The normalized spacial score (nSPS) is 19.8. The molecule has 4 aromatic carbocycles. The number of aliphatic hydroxyl groups excluding tert-OH is 1. The van der Waals surface area contributed by atoms with E-state index in [1.54, 1.807) is 126 Å². The second-order valence-electron chi connectivity index (χ2n) is 37.1. The number of alkyl halides is 4. The van der Waals surface area contributed by atoms with Crippen LogP contribution in [0.2, 0.25) is 36.3 Å². The van der Waals surface area contributed by atoms with Crippen LogP contribution in [0.4, 0.5) is 50.9 Å². The van der Waals surface area contributed by atoms with Gasteiger partial charge in [-0.15, -0.1) is 0 Å². The van der Waals surface area contributed by atoms with Crippen LogP contribution in [0.1, 0.15) is 65.5 Å². The first kappa shape index (κ1) is 96.5. The molecule has 6 amide bonds. The van der Waals surface area contributed by atoms with Gasteiger partial charge in [-0.2, -0.15) is 17.6 Å². The molecule has 18 rings (SSSR count). The van der Waals surface area contributed by atoms with E-state index in [1.807, 2.05) is 48.8 Å². The number of para-hydroxylation sites is 2. The summed E-state index contributed by atoms with van der Waals surface area (Å²) in [4.78, 5) is 130. The van der Waals surface area contributed by atoms with Crippen molar-refractivity contribution in [1.82, 2.24) is 99.0 Å². The van der Waals surface area contributed by atoms with Crippen molar-refractivity contribution in [1.29, 1.82) is 0 Å². The van der Waals surface area contributed by atoms with Crippen LogP contribution in [-0.4, -0.2) is 296 Å². The van der Waals surface area contributed by atoms with E-state index in [0.29, 0.717) is 130 Å². The number of halogens is 6. The van der Waals surface area contributed by atoms with E-state index in [4.69, 9.17) is 13.6 Å². The first-order valence-corrected chi connectivity index (χ1v) is 52.0. The topological polar surface area (TPSA) is 348 Å². The molecule has 8 fully saturated rings. The van der Waals surface area contributed by atoms with Crippen molar-refractivity contribution in [3.8, 4) is 33.8 Å². The fourth-order valence-electron chi connectivity index (χ4n) is 17.2. The molecule has 4 N–H and O–H groups in total. The number of carbonyl (C=O) groups is 4. The zero-order valence-electron chi connectivity index (χ0n) is 76.6. The number of nitrogens with zero attached hydrogens (tertiary/aromatic N) is 21. The lowest BCUT2D eigenvalue weighted by Gasteiger charge is -2.37. The number of carbonyl (C=O) groups excluding carboxylic acids is 4. The number of amides is 6. The Hall–Kier alpha value is -11.1. The first-order valence-electron chi connectivity index (χ1n) is 44.6. The third kappa shape index (κ3) is 21.7. The Labute approximate surface area is 786 Å². The van der Waals surface area contributed by atoms with Crippen LogP contribution >= 0.6 is 31.9 Å². The van der Waals surface area contributed by atoms with Crippen LogP contribution in [0.5, 0.6) is 11.5 Å². The van der Waals surface area contributed by atoms with E-state index in [1.165, 1.54) is 21.5 Å². The number of benzene rings is 4. The van der Waals surface area contributed by atoms with E-state index in [-0.39, 0.29) is 113 Å². The number of anilines is 4. The molecule has 8 aliphatic rings. The molecule has 710 valence electrons. The predicted octanol–water partition coefficient (Wildman–Crippen LogP) is 10.2. The number of aromatic nitrogens is 12. The van der Waals surface area contributed by atoms with Gasteiger partial charge in [-0.05, 0) is 128 Å². The van der Waals surface area contributed by atoms with Crippen molar-refractivity contribution in [3.05, 3.63) is 175 Å². The minimum Gasteiger partial charge on any atom is -0.434 e. The Bertz CT molecular complexity index is 5940. The average molecular weight is 2000 g/mol. The molecule has 0 radical (unpaired) electrons. The van der Waals surface area contributed by atoms with Gasteiger partial charge in [0.05, 0.1) is 87.7 Å². The fraction of sp³-hybridized carbons (Fsp3) is 0.489. The third-order valence-corrected chi connectivity index (χ3v) is 36.6. The third-order valence-electron chi connectivity index (χ3n) is 26.7. The van der Waals surface area contributed by atoms with Gasteiger partial charge in [0.2, 0.25) is 35.6 Å². The van der Waals surface area contributed by atoms with Crippen LogP contribution in [-0.2, 0) is 45.6 Å². The molecular formula is C90H114Br2F4N24O11Si2. The Morgan fingerprint density at radius 3 is 1.29 bits per heavy atom. The predicted molar refractivity (Wildman–Crippen MR) is 508 cm³/mol. The highest BCUT2D eigenvalue weighted by atomic mass is 79.9. The summed E-state index contributed by atoms with van der Waals surface area (Å²) in [6, 6.07) is 24.0. The Balaban J connectivity index is 0.000000143. The van der Waals surface area contributed by atoms with Gasteiger partial charge in [0.15, 0.2) is 16.6 Å². The van der Waals surface area contributed by atoms with E-state index in [2.05, 4.69) is 175 Å². The molecule has 6 atom stereocenters. The molecule has 35 nitrogen and oxygen atoms in total. The summed E-state index contributed by atoms with van der Waals surface area (Å²) in [7, 11) is -0.380. The lowest BCUT2D eigenvalue weighted by Crippen LogP contribution is -2.55. The molecule has 0 saturated carbocycles. The van der Waals surface area contributed by atoms with Crippen LogP contribution in [0.3, 0.4) is 0 Å². The fourth-order valence-corrected chi connectivity index (χ4v) is 19.7. The van der Waals surface area contributed by atoms with Crippen LogP contribution in [0.15, 0.2) is 153 Å². The number of fused-ring (bicyclic) bond motifs is 6. The number of nitrogens with one attached hydrogen (secondary N) is 3. The maximum absolute atomic E-state index is 13.1. The van der Waals surface area contributed by atoms with E-state index < -0.39 is 29.9 Å². The van der Waals surface area contributed by atoms with Gasteiger partial charge in [-0.1, -0.05) is 90.1 Å². The minimum absolute atomic E-state index is 0.0137. The molecule has 43 heteroatoms. The largest absolute Gasteiger partial charge is 0.434 e. The van der Waals surface area contributed by atoms with Gasteiger partial charge in [0, 0.05) is 184 Å². The number of ether oxygens (including phenoxy) is 2. The van der Waals surface area contributed by atoms with Crippen LogP contribution in [0, 0.1) is 0 Å².